The molecule has 0 radical (unpaired) electrons. The molecule has 4 atom stereocenters. The summed E-state index contributed by atoms with van der Waals surface area (Å²) in [5.74, 6) is 4.14. The fourth-order valence-corrected chi connectivity index (χ4v) is 14.6. The highest BCUT2D eigenvalue weighted by atomic mass is 16.3. The Morgan fingerprint density at radius 1 is 0.509 bits per heavy atom. The maximum atomic E-state index is 6.41. The van der Waals surface area contributed by atoms with E-state index in [2.05, 4.69) is 150 Å². The van der Waals surface area contributed by atoms with E-state index in [-0.39, 0.29) is 5.41 Å². The molecule has 6 aliphatic rings. The minimum atomic E-state index is 0.149. The number of rotatable bonds is 5. The standard InChI is InChI=1S/C55H45NO/c1-2-12-33(13-3-1)39-19-10-14-34-15-11-20-44(53(34)39)42-17-5-8-22-48(42)56(37-25-27-50-45(31-37)43-18-6-9-23-49(43)57-50)38-24-26-41-40-16-4-7-21-46(40)55(47(41)32-38)51-29-35-28-36-30-52(55)54(35,36)51/h4-11,14-27,31-33,35-36,51-52H,1-3,12-13,28-30H2. The molecule has 4 unspecified atom stereocenters. The van der Waals surface area contributed by atoms with Crippen molar-refractivity contribution in [2.24, 2.45) is 29.1 Å². The first-order chi connectivity index (χ1) is 28.2. The van der Waals surface area contributed by atoms with Crippen molar-refractivity contribution in [3.05, 3.63) is 162 Å². The zero-order valence-corrected chi connectivity index (χ0v) is 32.3. The minimum absolute atomic E-state index is 0.149. The van der Waals surface area contributed by atoms with E-state index in [0.29, 0.717) is 11.3 Å². The lowest BCUT2D eigenvalue weighted by atomic mass is 9.11. The second-order valence-corrected chi connectivity index (χ2v) is 18.6. The molecule has 276 valence electrons. The highest BCUT2D eigenvalue weighted by Gasteiger charge is 2.90. The number of nitrogens with zero attached hydrogens (tertiary/aromatic N) is 1. The van der Waals surface area contributed by atoms with Crippen molar-refractivity contribution in [2.75, 3.05) is 4.90 Å². The van der Waals surface area contributed by atoms with Gasteiger partial charge in [-0.15, -0.1) is 0 Å². The summed E-state index contributed by atoms with van der Waals surface area (Å²) in [6.45, 7) is 0. The van der Waals surface area contributed by atoms with Crippen molar-refractivity contribution in [3.8, 4) is 22.3 Å². The van der Waals surface area contributed by atoms with Gasteiger partial charge < -0.3 is 9.32 Å². The van der Waals surface area contributed by atoms with Crippen LogP contribution in [0.5, 0.6) is 0 Å². The predicted molar refractivity (Wildman–Crippen MR) is 234 cm³/mol. The van der Waals surface area contributed by atoms with Crippen molar-refractivity contribution in [1.82, 2.24) is 0 Å². The molecule has 2 spiro atoms. The Bertz CT molecular complexity index is 2970. The molecule has 0 amide bonds. The average Bonchev–Trinajstić information content (AvgIpc) is 3.76. The van der Waals surface area contributed by atoms with Gasteiger partial charge in [-0.2, -0.15) is 0 Å². The molecule has 0 aliphatic heterocycles. The van der Waals surface area contributed by atoms with Gasteiger partial charge in [-0.1, -0.05) is 122 Å². The van der Waals surface area contributed by atoms with Crippen LogP contribution >= 0.6 is 0 Å². The Balaban J connectivity index is 1.01. The zero-order valence-electron chi connectivity index (χ0n) is 32.3. The predicted octanol–water partition coefficient (Wildman–Crippen LogP) is 14.9. The molecule has 7 aromatic carbocycles. The molecule has 2 heteroatoms. The van der Waals surface area contributed by atoms with E-state index in [1.165, 1.54) is 101 Å². The Hall–Kier alpha value is -5.60. The Kier molecular flexibility index (Phi) is 6.11. The first-order valence-corrected chi connectivity index (χ1v) is 21.8. The van der Waals surface area contributed by atoms with Crippen LogP contribution in [-0.2, 0) is 5.41 Å². The van der Waals surface area contributed by atoms with Crippen molar-refractivity contribution >= 4 is 49.8 Å². The van der Waals surface area contributed by atoms with E-state index < -0.39 is 0 Å². The van der Waals surface area contributed by atoms with Gasteiger partial charge in [-0.25, -0.2) is 0 Å². The smallest absolute Gasteiger partial charge is 0.135 e. The number of benzene rings is 7. The van der Waals surface area contributed by atoms with E-state index >= 15 is 0 Å². The fourth-order valence-electron chi connectivity index (χ4n) is 14.6. The zero-order chi connectivity index (χ0) is 37.0. The Morgan fingerprint density at radius 3 is 2.05 bits per heavy atom. The van der Waals surface area contributed by atoms with Gasteiger partial charge in [0.25, 0.3) is 0 Å². The monoisotopic (exact) mass is 735 g/mol. The molecule has 14 rings (SSSR count). The molecule has 57 heavy (non-hydrogen) atoms. The lowest BCUT2D eigenvalue weighted by molar-refractivity contribution is -0.412. The van der Waals surface area contributed by atoms with Crippen molar-refractivity contribution in [3.63, 3.8) is 0 Å². The molecule has 6 aliphatic carbocycles. The van der Waals surface area contributed by atoms with Gasteiger partial charge in [0.1, 0.15) is 11.2 Å². The summed E-state index contributed by atoms with van der Waals surface area (Å²) in [4.78, 5) is 2.58. The van der Waals surface area contributed by atoms with Crippen LogP contribution in [0.15, 0.2) is 150 Å². The third-order valence-corrected chi connectivity index (χ3v) is 16.7. The van der Waals surface area contributed by atoms with Gasteiger partial charge in [-0.3, -0.25) is 0 Å². The van der Waals surface area contributed by atoms with Crippen molar-refractivity contribution in [1.29, 1.82) is 0 Å². The highest BCUT2D eigenvalue weighted by molar-refractivity contribution is 6.08. The van der Waals surface area contributed by atoms with Gasteiger partial charge >= 0.3 is 0 Å². The molecule has 2 nitrogen and oxygen atoms in total. The van der Waals surface area contributed by atoms with Crippen LogP contribution in [0.25, 0.3) is 55.0 Å². The minimum Gasteiger partial charge on any atom is -0.456 e. The van der Waals surface area contributed by atoms with Crippen LogP contribution in [0.3, 0.4) is 0 Å². The molecule has 0 N–H and O–H groups in total. The summed E-state index contributed by atoms with van der Waals surface area (Å²) in [6, 6.07) is 55.6. The third kappa shape index (κ3) is 3.75. The van der Waals surface area contributed by atoms with Crippen molar-refractivity contribution in [2.45, 2.75) is 62.7 Å². The summed E-state index contributed by atoms with van der Waals surface area (Å²) in [6.07, 6.45) is 10.9. The first-order valence-electron chi connectivity index (χ1n) is 21.8. The average molecular weight is 736 g/mol. The molecular formula is C55H45NO. The maximum Gasteiger partial charge on any atom is 0.135 e. The third-order valence-electron chi connectivity index (χ3n) is 16.7. The highest BCUT2D eigenvalue weighted by Crippen LogP contribution is 2.94. The second-order valence-electron chi connectivity index (χ2n) is 18.6. The molecular weight excluding hydrogens is 691 g/mol. The van der Waals surface area contributed by atoms with Crippen LogP contribution in [0.1, 0.15) is 74.0 Å². The number of para-hydroxylation sites is 2. The summed E-state index contributed by atoms with van der Waals surface area (Å²) in [7, 11) is 0. The number of hydrogen-bond donors (Lipinski definition) is 0. The SMILES string of the molecule is c1ccc(N(c2ccc3c(c2)C2(c4ccccc4-3)C3CC4CC5CC2C453)c2ccc3oc4ccccc4c3c2)c(-c2cccc3cccc(C4CCCCC4)c23)c1. The van der Waals surface area contributed by atoms with E-state index in [4.69, 9.17) is 4.42 Å². The maximum absolute atomic E-state index is 6.41. The summed E-state index contributed by atoms with van der Waals surface area (Å²) < 4.78 is 6.41. The van der Waals surface area contributed by atoms with E-state index in [1.54, 1.807) is 11.1 Å². The van der Waals surface area contributed by atoms with Crippen LogP contribution in [0, 0.1) is 29.1 Å². The van der Waals surface area contributed by atoms with Crippen LogP contribution in [-0.4, -0.2) is 0 Å². The molecule has 8 aromatic rings. The lowest BCUT2D eigenvalue weighted by Crippen LogP contribution is -2.88. The lowest BCUT2D eigenvalue weighted by Gasteiger charge is -2.92. The van der Waals surface area contributed by atoms with Gasteiger partial charge in [0, 0.05) is 33.1 Å². The Morgan fingerprint density at radius 2 is 1.19 bits per heavy atom. The summed E-state index contributed by atoms with van der Waals surface area (Å²) in [5, 5.41) is 5.09. The number of furan rings is 1. The quantitative estimate of drug-likeness (QED) is 0.175. The van der Waals surface area contributed by atoms with Gasteiger partial charge in [0.15, 0.2) is 0 Å². The van der Waals surface area contributed by atoms with Crippen LogP contribution in [0.2, 0.25) is 0 Å². The topological polar surface area (TPSA) is 16.4 Å². The first kappa shape index (κ1) is 31.5. The molecule has 0 bridgehead atoms. The van der Waals surface area contributed by atoms with Gasteiger partial charge in [-0.05, 0) is 154 Å². The summed E-state index contributed by atoms with van der Waals surface area (Å²) in [5.41, 5.74) is 16.6. The van der Waals surface area contributed by atoms with E-state index in [1.807, 2.05) is 0 Å². The summed E-state index contributed by atoms with van der Waals surface area (Å²) >= 11 is 0. The van der Waals surface area contributed by atoms with E-state index in [0.717, 1.165) is 51.3 Å². The molecule has 0 saturated heterocycles. The molecule has 5 fully saturated rings. The van der Waals surface area contributed by atoms with Gasteiger partial charge in [0.2, 0.25) is 0 Å². The van der Waals surface area contributed by atoms with Gasteiger partial charge in [0.05, 0.1) is 5.69 Å². The second kappa shape index (κ2) is 11.1. The molecule has 5 saturated carbocycles. The van der Waals surface area contributed by atoms with Crippen LogP contribution < -0.4 is 4.90 Å². The normalized spacial score (nSPS) is 27.5. The number of hydrogen-bond acceptors (Lipinski definition) is 2. The Labute approximate surface area is 334 Å². The largest absolute Gasteiger partial charge is 0.456 e. The van der Waals surface area contributed by atoms with Crippen molar-refractivity contribution < 1.29 is 4.42 Å². The molecule has 1 heterocycles. The van der Waals surface area contributed by atoms with Crippen LogP contribution in [0.4, 0.5) is 17.1 Å². The number of anilines is 3. The molecule has 1 aromatic heterocycles. The number of fused-ring (bicyclic) bond motifs is 11. The van der Waals surface area contributed by atoms with E-state index in [9.17, 15) is 0 Å². The fraction of sp³-hybridized carbons (Fsp3) is 0.273.